The summed E-state index contributed by atoms with van der Waals surface area (Å²) in [5.41, 5.74) is 2.52. The van der Waals surface area contributed by atoms with Gasteiger partial charge in [0.15, 0.2) is 0 Å². The second-order valence-electron chi connectivity index (χ2n) is 5.33. The molecule has 2 N–H and O–H groups in total. The van der Waals surface area contributed by atoms with Crippen molar-refractivity contribution in [2.45, 2.75) is 32.6 Å². The molecule has 0 fully saturated rings. The number of carbonyl (C=O) groups is 1. The van der Waals surface area contributed by atoms with E-state index < -0.39 is 0 Å². The largest absolute Gasteiger partial charge is 0.355 e. The lowest BCUT2D eigenvalue weighted by Crippen LogP contribution is -2.37. The summed E-state index contributed by atoms with van der Waals surface area (Å²) in [6.07, 6.45) is 0.528. The van der Waals surface area contributed by atoms with Gasteiger partial charge in [-0.1, -0.05) is 38.1 Å². The highest BCUT2D eigenvalue weighted by atomic mass is 16.1. The molecule has 1 aromatic rings. The van der Waals surface area contributed by atoms with E-state index in [2.05, 4.69) is 43.5 Å². The molecule has 0 aliphatic carbocycles. The Balaban J connectivity index is 2.60. The van der Waals surface area contributed by atoms with E-state index in [9.17, 15) is 4.79 Å². The van der Waals surface area contributed by atoms with E-state index in [1.165, 1.54) is 11.1 Å². The summed E-state index contributed by atoms with van der Waals surface area (Å²) in [4.78, 5) is 11.6. The van der Waals surface area contributed by atoms with Crippen molar-refractivity contribution in [1.29, 1.82) is 0 Å². The van der Waals surface area contributed by atoms with Crippen molar-refractivity contribution in [3.63, 3.8) is 0 Å². The van der Waals surface area contributed by atoms with Gasteiger partial charge < -0.3 is 10.6 Å². The Hall–Kier alpha value is -1.35. The minimum Gasteiger partial charge on any atom is -0.355 e. The fraction of sp³-hybridized carbons (Fsp3) is 0.533. The van der Waals surface area contributed by atoms with Gasteiger partial charge in [0, 0.05) is 24.9 Å². The molecule has 0 aliphatic heterocycles. The van der Waals surface area contributed by atoms with Crippen molar-refractivity contribution in [2.24, 2.45) is 0 Å². The molecule has 18 heavy (non-hydrogen) atoms. The van der Waals surface area contributed by atoms with E-state index in [-0.39, 0.29) is 11.3 Å². The maximum atomic E-state index is 11.6. The van der Waals surface area contributed by atoms with Crippen molar-refractivity contribution in [1.82, 2.24) is 10.6 Å². The molecular formula is C15H24N2O. The monoisotopic (exact) mass is 248 g/mol. The van der Waals surface area contributed by atoms with Crippen molar-refractivity contribution in [3.8, 4) is 0 Å². The zero-order valence-electron chi connectivity index (χ0n) is 11.8. The highest BCUT2D eigenvalue weighted by molar-refractivity contribution is 5.76. The zero-order valence-corrected chi connectivity index (χ0v) is 11.8. The lowest BCUT2D eigenvalue weighted by molar-refractivity contribution is -0.121. The predicted molar refractivity (Wildman–Crippen MR) is 75.8 cm³/mol. The molecule has 1 amide bonds. The molecule has 0 atom stereocenters. The lowest BCUT2D eigenvalue weighted by atomic mass is 9.82. The highest BCUT2D eigenvalue weighted by Crippen LogP contribution is 2.25. The molecular weight excluding hydrogens is 224 g/mol. The van der Waals surface area contributed by atoms with Crippen LogP contribution in [-0.4, -0.2) is 26.0 Å². The normalized spacial score (nSPS) is 11.3. The molecule has 0 heterocycles. The van der Waals surface area contributed by atoms with Crippen molar-refractivity contribution in [3.05, 3.63) is 35.4 Å². The van der Waals surface area contributed by atoms with Crippen LogP contribution in [0.3, 0.4) is 0 Å². The first-order valence-electron chi connectivity index (χ1n) is 6.45. The standard InChI is InChI=1S/C15H24N2O/c1-12-7-5-6-8-13(12)15(2,3)11-17-14(18)9-10-16-4/h5-8,16H,9-11H2,1-4H3,(H,17,18). The minimum atomic E-state index is -0.0410. The summed E-state index contributed by atoms with van der Waals surface area (Å²) in [6.45, 7) is 7.82. The van der Waals surface area contributed by atoms with Crippen LogP contribution in [-0.2, 0) is 10.2 Å². The number of aryl methyl sites for hydroxylation is 1. The van der Waals surface area contributed by atoms with Crippen LogP contribution in [0, 0.1) is 6.92 Å². The molecule has 0 radical (unpaired) electrons. The van der Waals surface area contributed by atoms with Crippen LogP contribution in [0.25, 0.3) is 0 Å². The summed E-state index contributed by atoms with van der Waals surface area (Å²) in [5, 5.41) is 5.98. The summed E-state index contributed by atoms with van der Waals surface area (Å²) in [5.74, 6) is 0.103. The summed E-state index contributed by atoms with van der Waals surface area (Å²) in [6, 6.07) is 8.34. The fourth-order valence-electron chi connectivity index (χ4n) is 2.07. The average Bonchev–Trinajstić information content (AvgIpc) is 2.34. The van der Waals surface area contributed by atoms with Crippen LogP contribution in [0.2, 0.25) is 0 Å². The SMILES string of the molecule is CNCCC(=O)NCC(C)(C)c1ccccc1C. The van der Waals surface area contributed by atoms with Gasteiger partial charge in [-0.25, -0.2) is 0 Å². The van der Waals surface area contributed by atoms with Gasteiger partial charge in [-0.15, -0.1) is 0 Å². The Labute approximate surface area is 110 Å². The molecule has 0 spiro atoms. The lowest BCUT2D eigenvalue weighted by Gasteiger charge is -2.27. The molecule has 1 rings (SSSR count). The Morgan fingerprint density at radius 1 is 1.28 bits per heavy atom. The third-order valence-corrected chi connectivity index (χ3v) is 3.20. The number of hydrogen-bond acceptors (Lipinski definition) is 2. The Kier molecular flexibility index (Phi) is 5.35. The first-order valence-corrected chi connectivity index (χ1v) is 6.45. The molecule has 0 aliphatic rings. The summed E-state index contributed by atoms with van der Waals surface area (Å²) >= 11 is 0. The number of carbonyl (C=O) groups excluding carboxylic acids is 1. The van der Waals surface area contributed by atoms with Gasteiger partial charge in [-0.2, -0.15) is 0 Å². The van der Waals surface area contributed by atoms with Gasteiger partial charge in [0.1, 0.15) is 0 Å². The number of hydrogen-bond donors (Lipinski definition) is 2. The topological polar surface area (TPSA) is 41.1 Å². The average molecular weight is 248 g/mol. The molecule has 3 nitrogen and oxygen atoms in total. The maximum absolute atomic E-state index is 11.6. The van der Waals surface area contributed by atoms with E-state index in [1.54, 1.807) is 0 Å². The van der Waals surface area contributed by atoms with Crippen LogP contribution >= 0.6 is 0 Å². The highest BCUT2D eigenvalue weighted by Gasteiger charge is 2.22. The van der Waals surface area contributed by atoms with Crippen molar-refractivity contribution >= 4 is 5.91 Å². The van der Waals surface area contributed by atoms with Crippen molar-refractivity contribution < 1.29 is 4.79 Å². The number of amides is 1. The van der Waals surface area contributed by atoms with Gasteiger partial charge in [0.05, 0.1) is 0 Å². The number of nitrogens with one attached hydrogen (secondary N) is 2. The fourth-order valence-corrected chi connectivity index (χ4v) is 2.07. The van der Waals surface area contributed by atoms with Crippen LogP contribution in [0.4, 0.5) is 0 Å². The van der Waals surface area contributed by atoms with E-state index >= 15 is 0 Å². The van der Waals surface area contributed by atoms with Gasteiger partial charge in [0.25, 0.3) is 0 Å². The Bertz CT molecular complexity index is 399. The molecule has 0 saturated carbocycles. The molecule has 0 aromatic heterocycles. The third-order valence-electron chi connectivity index (χ3n) is 3.20. The van der Waals surface area contributed by atoms with Gasteiger partial charge in [-0.3, -0.25) is 4.79 Å². The smallest absolute Gasteiger partial charge is 0.221 e. The van der Waals surface area contributed by atoms with E-state index in [1.807, 2.05) is 19.2 Å². The number of rotatable bonds is 6. The predicted octanol–water partition coefficient (Wildman–Crippen LogP) is 2.00. The van der Waals surface area contributed by atoms with Crippen molar-refractivity contribution in [2.75, 3.05) is 20.1 Å². The zero-order chi connectivity index (χ0) is 13.6. The Morgan fingerprint density at radius 2 is 1.94 bits per heavy atom. The van der Waals surface area contributed by atoms with E-state index in [4.69, 9.17) is 0 Å². The maximum Gasteiger partial charge on any atom is 0.221 e. The number of benzene rings is 1. The third kappa shape index (κ3) is 4.15. The van der Waals surface area contributed by atoms with Crippen LogP contribution < -0.4 is 10.6 Å². The molecule has 0 unspecified atom stereocenters. The molecule has 0 bridgehead atoms. The van der Waals surface area contributed by atoms with Gasteiger partial charge in [0.2, 0.25) is 5.91 Å². The van der Waals surface area contributed by atoms with Crippen LogP contribution in [0.15, 0.2) is 24.3 Å². The van der Waals surface area contributed by atoms with Crippen LogP contribution in [0.5, 0.6) is 0 Å². The second-order valence-corrected chi connectivity index (χ2v) is 5.33. The van der Waals surface area contributed by atoms with E-state index in [0.717, 1.165) is 6.54 Å². The molecule has 100 valence electrons. The quantitative estimate of drug-likeness (QED) is 0.808. The first kappa shape index (κ1) is 14.7. The minimum absolute atomic E-state index is 0.0410. The van der Waals surface area contributed by atoms with E-state index in [0.29, 0.717) is 13.0 Å². The molecule has 1 aromatic carbocycles. The van der Waals surface area contributed by atoms with Crippen LogP contribution in [0.1, 0.15) is 31.4 Å². The summed E-state index contributed by atoms with van der Waals surface area (Å²) in [7, 11) is 1.85. The second kappa shape index (κ2) is 6.55. The first-order chi connectivity index (χ1) is 8.47. The Morgan fingerprint density at radius 3 is 2.56 bits per heavy atom. The molecule has 3 heteroatoms. The molecule has 0 saturated heterocycles. The summed E-state index contributed by atoms with van der Waals surface area (Å²) < 4.78 is 0. The van der Waals surface area contributed by atoms with Gasteiger partial charge >= 0.3 is 0 Å². The van der Waals surface area contributed by atoms with Gasteiger partial charge in [-0.05, 0) is 25.1 Å².